The number of anilines is 1. The van der Waals surface area contributed by atoms with Crippen molar-refractivity contribution >= 4 is 15.7 Å². The summed E-state index contributed by atoms with van der Waals surface area (Å²) in [6, 6.07) is 6.79. The lowest BCUT2D eigenvalue weighted by molar-refractivity contribution is 0.463. The second kappa shape index (κ2) is 5.64. The molecule has 0 aliphatic carbocycles. The van der Waals surface area contributed by atoms with E-state index >= 15 is 0 Å². The van der Waals surface area contributed by atoms with Crippen LogP contribution in [-0.2, 0) is 22.3 Å². The van der Waals surface area contributed by atoms with Crippen molar-refractivity contribution in [2.45, 2.75) is 26.1 Å². The number of sulfonamides is 1. The molecule has 0 aliphatic rings. The van der Waals surface area contributed by atoms with Crippen molar-refractivity contribution in [2.24, 2.45) is 0 Å². The van der Waals surface area contributed by atoms with Crippen molar-refractivity contribution in [3.05, 3.63) is 47.2 Å². The van der Waals surface area contributed by atoms with Crippen LogP contribution in [0.15, 0.2) is 28.7 Å². The maximum Gasteiger partial charge on any atom is 0.216 e. The summed E-state index contributed by atoms with van der Waals surface area (Å²) in [6.45, 7) is 3.63. The Hall–Kier alpha value is -1.86. The van der Waals surface area contributed by atoms with E-state index < -0.39 is 10.0 Å². The van der Waals surface area contributed by atoms with Gasteiger partial charge in [0, 0.05) is 5.69 Å². The van der Waals surface area contributed by atoms with Crippen molar-refractivity contribution < 1.29 is 12.8 Å². The van der Waals surface area contributed by atoms with Gasteiger partial charge in [0.2, 0.25) is 15.9 Å². The van der Waals surface area contributed by atoms with E-state index in [9.17, 15) is 8.42 Å². The molecule has 3 N–H and O–H groups in total. The maximum atomic E-state index is 12.0. The average molecular weight is 295 g/mol. The summed E-state index contributed by atoms with van der Waals surface area (Å²) in [5, 5.41) is 0. The highest BCUT2D eigenvalue weighted by Crippen LogP contribution is 2.11. The van der Waals surface area contributed by atoms with E-state index in [0.717, 1.165) is 5.69 Å². The SMILES string of the molecule is Cc1nc(CNS(=O)(=O)Cc2cccc(N)c2)oc1C. The summed E-state index contributed by atoms with van der Waals surface area (Å²) in [6.07, 6.45) is 0. The van der Waals surface area contributed by atoms with Crippen LogP contribution >= 0.6 is 0 Å². The fourth-order valence-corrected chi connectivity index (χ4v) is 2.80. The zero-order valence-electron chi connectivity index (χ0n) is 11.4. The summed E-state index contributed by atoms with van der Waals surface area (Å²) >= 11 is 0. The van der Waals surface area contributed by atoms with Crippen LogP contribution in [0.3, 0.4) is 0 Å². The lowest BCUT2D eigenvalue weighted by Gasteiger charge is -2.05. The number of nitrogen functional groups attached to an aromatic ring is 1. The van der Waals surface area contributed by atoms with Crippen LogP contribution < -0.4 is 10.5 Å². The van der Waals surface area contributed by atoms with E-state index in [-0.39, 0.29) is 12.3 Å². The molecular weight excluding hydrogens is 278 g/mol. The Labute approximate surface area is 118 Å². The molecule has 0 spiro atoms. The van der Waals surface area contributed by atoms with Crippen molar-refractivity contribution in [3.63, 3.8) is 0 Å². The van der Waals surface area contributed by atoms with E-state index in [1.807, 2.05) is 6.92 Å². The molecule has 1 aromatic heterocycles. The molecule has 20 heavy (non-hydrogen) atoms. The molecule has 0 radical (unpaired) electrons. The quantitative estimate of drug-likeness (QED) is 0.814. The van der Waals surface area contributed by atoms with E-state index in [0.29, 0.717) is 22.9 Å². The third-order valence-corrected chi connectivity index (χ3v) is 4.12. The normalized spacial score (nSPS) is 11.7. The summed E-state index contributed by atoms with van der Waals surface area (Å²) < 4.78 is 31.7. The first-order valence-electron chi connectivity index (χ1n) is 6.10. The van der Waals surface area contributed by atoms with Gasteiger partial charge < -0.3 is 10.2 Å². The highest BCUT2D eigenvalue weighted by molar-refractivity contribution is 7.88. The minimum atomic E-state index is -3.46. The Morgan fingerprint density at radius 1 is 1.35 bits per heavy atom. The van der Waals surface area contributed by atoms with Crippen molar-refractivity contribution in [1.29, 1.82) is 0 Å². The molecule has 0 unspecified atom stereocenters. The predicted octanol–water partition coefficient (Wildman–Crippen LogP) is 1.49. The van der Waals surface area contributed by atoms with Gasteiger partial charge in [-0.2, -0.15) is 0 Å². The van der Waals surface area contributed by atoms with Gasteiger partial charge in [-0.05, 0) is 31.5 Å². The number of nitrogens with zero attached hydrogens (tertiary/aromatic N) is 1. The van der Waals surface area contributed by atoms with Crippen LogP contribution in [0.2, 0.25) is 0 Å². The predicted molar refractivity (Wildman–Crippen MR) is 76.3 cm³/mol. The number of hydrogen-bond donors (Lipinski definition) is 2. The van der Waals surface area contributed by atoms with Gasteiger partial charge in [0.15, 0.2) is 0 Å². The standard InChI is InChI=1S/C13H17N3O3S/c1-9-10(2)19-13(16-9)7-15-20(17,18)8-11-4-3-5-12(14)6-11/h3-6,15H,7-8,14H2,1-2H3. The Morgan fingerprint density at radius 2 is 2.10 bits per heavy atom. The van der Waals surface area contributed by atoms with Gasteiger partial charge >= 0.3 is 0 Å². The van der Waals surface area contributed by atoms with Gasteiger partial charge in [-0.25, -0.2) is 18.1 Å². The lowest BCUT2D eigenvalue weighted by atomic mass is 10.2. The molecule has 0 saturated carbocycles. The third kappa shape index (κ3) is 3.82. The molecule has 1 heterocycles. The van der Waals surface area contributed by atoms with Crippen molar-refractivity contribution in [3.8, 4) is 0 Å². The number of rotatable bonds is 5. The highest BCUT2D eigenvalue weighted by atomic mass is 32.2. The molecule has 0 saturated heterocycles. The number of nitrogens with two attached hydrogens (primary N) is 1. The zero-order valence-corrected chi connectivity index (χ0v) is 12.2. The third-order valence-electron chi connectivity index (χ3n) is 2.82. The van der Waals surface area contributed by atoms with Gasteiger partial charge in [0.05, 0.1) is 18.0 Å². The monoisotopic (exact) mass is 295 g/mol. The molecule has 0 amide bonds. The number of oxazole rings is 1. The lowest BCUT2D eigenvalue weighted by Crippen LogP contribution is -2.24. The summed E-state index contributed by atoms with van der Waals surface area (Å²) in [5.74, 6) is 0.919. The molecule has 1 aromatic carbocycles. The molecule has 108 valence electrons. The van der Waals surface area contributed by atoms with E-state index in [1.54, 1.807) is 31.2 Å². The van der Waals surface area contributed by atoms with Crippen LogP contribution in [0.4, 0.5) is 5.69 Å². The highest BCUT2D eigenvalue weighted by Gasteiger charge is 2.14. The van der Waals surface area contributed by atoms with Gasteiger partial charge in [0.25, 0.3) is 0 Å². The van der Waals surface area contributed by atoms with Gasteiger partial charge in [-0.1, -0.05) is 12.1 Å². The maximum absolute atomic E-state index is 12.0. The molecule has 0 aliphatic heterocycles. The molecule has 0 atom stereocenters. The van der Waals surface area contributed by atoms with Crippen LogP contribution in [0, 0.1) is 13.8 Å². The van der Waals surface area contributed by atoms with Gasteiger partial charge in [0.1, 0.15) is 5.76 Å². The molecular formula is C13H17N3O3S. The first-order chi connectivity index (χ1) is 9.35. The van der Waals surface area contributed by atoms with Crippen LogP contribution in [-0.4, -0.2) is 13.4 Å². The van der Waals surface area contributed by atoms with E-state index in [2.05, 4.69) is 9.71 Å². The van der Waals surface area contributed by atoms with Crippen LogP contribution in [0.25, 0.3) is 0 Å². The summed E-state index contributed by atoms with van der Waals surface area (Å²) in [5.41, 5.74) is 7.56. The minimum Gasteiger partial charge on any atom is -0.444 e. The van der Waals surface area contributed by atoms with Crippen LogP contribution in [0.1, 0.15) is 22.9 Å². The second-order valence-corrected chi connectivity index (χ2v) is 6.38. The molecule has 0 bridgehead atoms. The Kier molecular flexibility index (Phi) is 4.10. The molecule has 2 aromatic rings. The van der Waals surface area contributed by atoms with E-state index in [1.165, 1.54) is 0 Å². The number of nitrogens with one attached hydrogen (secondary N) is 1. The van der Waals surface area contributed by atoms with Crippen LogP contribution in [0.5, 0.6) is 0 Å². The van der Waals surface area contributed by atoms with Gasteiger partial charge in [-0.3, -0.25) is 0 Å². The van der Waals surface area contributed by atoms with Crippen molar-refractivity contribution in [2.75, 3.05) is 5.73 Å². The second-order valence-electron chi connectivity index (χ2n) is 4.57. The first kappa shape index (κ1) is 14.5. The molecule has 2 rings (SSSR count). The average Bonchev–Trinajstić information content (AvgIpc) is 2.66. The fraction of sp³-hybridized carbons (Fsp3) is 0.308. The Morgan fingerprint density at radius 3 is 2.70 bits per heavy atom. The molecule has 0 fully saturated rings. The number of benzene rings is 1. The minimum absolute atomic E-state index is 0.0410. The van der Waals surface area contributed by atoms with Crippen molar-refractivity contribution in [1.82, 2.24) is 9.71 Å². The molecule has 6 nitrogen and oxygen atoms in total. The largest absolute Gasteiger partial charge is 0.444 e. The number of hydrogen-bond acceptors (Lipinski definition) is 5. The van der Waals surface area contributed by atoms with E-state index in [4.69, 9.17) is 10.2 Å². The summed E-state index contributed by atoms with van der Waals surface area (Å²) in [4.78, 5) is 4.12. The fourth-order valence-electron chi connectivity index (χ4n) is 1.74. The summed E-state index contributed by atoms with van der Waals surface area (Å²) in [7, 11) is -3.46. The Balaban J connectivity index is 2.01. The Bertz CT molecular complexity index is 688. The zero-order chi connectivity index (χ0) is 14.8. The number of aryl methyl sites for hydroxylation is 2. The van der Waals surface area contributed by atoms with Gasteiger partial charge in [-0.15, -0.1) is 0 Å². The number of aromatic nitrogens is 1. The first-order valence-corrected chi connectivity index (χ1v) is 7.75. The topological polar surface area (TPSA) is 98.2 Å². The smallest absolute Gasteiger partial charge is 0.216 e. The molecule has 7 heteroatoms.